The minimum Gasteiger partial charge on any atom is -0.493 e. The van der Waals surface area contributed by atoms with Gasteiger partial charge in [0.2, 0.25) is 0 Å². The number of ether oxygens (including phenoxy) is 2. The topological polar surface area (TPSA) is 47.6 Å². The average molecular weight is 305 g/mol. The van der Waals surface area contributed by atoms with Gasteiger partial charge >= 0.3 is 0 Å². The van der Waals surface area contributed by atoms with Gasteiger partial charge in [-0.15, -0.1) is 0 Å². The van der Waals surface area contributed by atoms with Crippen LogP contribution in [0.15, 0.2) is 18.2 Å². The first-order valence-corrected chi connectivity index (χ1v) is 7.73. The molecule has 1 fully saturated rings. The fourth-order valence-corrected chi connectivity index (χ4v) is 3.73. The van der Waals surface area contributed by atoms with Gasteiger partial charge < -0.3 is 14.8 Å². The molecule has 4 nitrogen and oxygen atoms in total. The molecule has 1 aliphatic heterocycles. The number of hydrogen-bond acceptors (Lipinski definition) is 4. The molecule has 1 aliphatic rings. The molecule has 1 aromatic carbocycles. The van der Waals surface area contributed by atoms with Crippen molar-refractivity contribution in [3.63, 3.8) is 0 Å². The maximum Gasteiger partial charge on any atom is 0.166 e. The Hall–Kier alpha value is -1.55. The van der Waals surface area contributed by atoms with E-state index in [0.717, 1.165) is 12.8 Å². The Labute approximate surface area is 133 Å². The molecular formula is C18H27NO3. The van der Waals surface area contributed by atoms with Crippen LogP contribution in [0.25, 0.3) is 0 Å². The molecule has 0 amide bonds. The standard InChI is InChI=1S/C18H27NO3/c1-17(2)10-13(11-18(3,4)19-17)16(20)12-7-8-14(21-5)15(9-12)22-6/h7-9,13,19H,10-11H2,1-6H3. The van der Waals surface area contributed by atoms with Gasteiger partial charge in [-0.25, -0.2) is 0 Å². The summed E-state index contributed by atoms with van der Waals surface area (Å²) in [5, 5.41) is 3.61. The Morgan fingerprint density at radius 2 is 1.59 bits per heavy atom. The largest absolute Gasteiger partial charge is 0.493 e. The number of rotatable bonds is 4. The van der Waals surface area contributed by atoms with E-state index in [0.29, 0.717) is 17.1 Å². The molecule has 0 atom stereocenters. The van der Waals surface area contributed by atoms with Crippen molar-refractivity contribution < 1.29 is 14.3 Å². The van der Waals surface area contributed by atoms with Crippen LogP contribution in [-0.2, 0) is 0 Å². The second kappa shape index (κ2) is 5.92. The Bertz CT molecular complexity index is 547. The second-order valence-corrected chi connectivity index (χ2v) is 7.43. The third-order valence-corrected chi connectivity index (χ3v) is 4.23. The SMILES string of the molecule is COc1ccc(C(=O)C2CC(C)(C)NC(C)(C)C2)cc1OC. The smallest absolute Gasteiger partial charge is 0.166 e. The average Bonchev–Trinajstić information content (AvgIpc) is 2.42. The van der Waals surface area contributed by atoms with Crippen LogP contribution in [0.4, 0.5) is 0 Å². The number of methoxy groups -OCH3 is 2. The van der Waals surface area contributed by atoms with Crippen LogP contribution in [0.1, 0.15) is 50.9 Å². The zero-order valence-corrected chi connectivity index (χ0v) is 14.4. The maximum atomic E-state index is 12.9. The fraction of sp³-hybridized carbons (Fsp3) is 0.611. The van der Waals surface area contributed by atoms with E-state index in [9.17, 15) is 4.79 Å². The molecule has 0 unspecified atom stereocenters. The van der Waals surface area contributed by atoms with Crippen LogP contribution < -0.4 is 14.8 Å². The lowest BCUT2D eigenvalue weighted by atomic mass is 9.73. The molecule has 0 saturated carbocycles. The van der Waals surface area contributed by atoms with E-state index < -0.39 is 0 Å². The summed E-state index contributed by atoms with van der Waals surface area (Å²) in [5.41, 5.74) is 0.605. The molecule has 1 heterocycles. The van der Waals surface area contributed by atoms with E-state index in [1.807, 2.05) is 6.07 Å². The Balaban J connectivity index is 2.27. The Morgan fingerprint density at radius 1 is 1.05 bits per heavy atom. The van der Waals surface area contributed by atoms with Crippen LogP contribution in [0.5, 0.6) is 11.5 Å². The number of nitrogens with one attached hydrogen (secondary N) is 1. The normalized spacial score (nSPS) is 20.5. The molecule has 22 heavy (non-hydrogen) atoms. The van der Waals surface area contributed by atoms with Crippen molar-refractivity contribution in [2.45, 2.75) is 51.6 Å². The van der Waals surface area contributed by atoms with Crippen molar-refractivity contribution in [1.29, 1.82) is 0 Å². The minimum atomic E-state index is -0.0430. The number of Topliss-reactive ketones (excluding diaryl/α,β-unsaturated/α-hetero) is 1. The summed E-state index contributed by atoms with van der Waals surface area (Å²) in [6.45, 7) is 8.62. The van der Waals surface area contributed by atoms with Gasteiger partial charge in [-0.2, -0.15) is 0 Å². The summed E-state index contributed by atoms with van der Waals surface area (Å²) in [6.07, 6.45) is 1.67. The van der Waals surface area contributed by atoms with Crippen LogP contribution in [0, 0.1) is 5.92 Å². The van der Waals surface area contributed by atoms with E-state index in [4.69, 9.17) is 9.47 Å². The van der Waals surface area contributed by atoms with E-state index in [2.05, 4.69) is 33.0 Å². The Morgan fingerprint density at radius 3 is 2.09 bits per heavy atom. The predicted molar refractivity (Wildman–Crippen MR) is 87.9 cm³/mol. The zero-order valence-electron chi connectivity index (χ0n) is 14.4. The highest BCUT2D eigenvalue weighted by atomic mass is 16.5. The molecular weight excluding hydrogens is 278 g/mol. The minimum absolute atomic E-state index is 0.0179. The van der Waals surface area contributed by atoms with Crippen molar-refractivity contribution in [3.8, 4) is 11.5 Å². The summed E-state index contributed by atoms with van der Waals surface area (Å²) in [6, 6.07) is 5.40. The van der Waals surface area contributed by atoms with Gasteiger partial charge in [-0.05, 0) is 58.7 Å². The molecule has 1 N–H and O–H groups in total. The first-order valence-electron chi connectivity index (χ1n) is 7.73. The van der Waals surface area contributed by atoms with E-state index in [1.165, 1.54) is 0 Å². The van der Waals surface area contributed by atoms with E-state index in [1.54, 1.807) is 26.4 Å². The predicted octanol–water partition coefficient (Wildman–Crippen LogP) is 3.44. The van der Waals surface area contributed by atoms with E-state index >= 15 is 0 Å². The quantitative estimate of drug-likeness (QED) is 0.866. The van der Waals surface area contributed by atoms with Crippen LogP contribution in [0.3, 0.4) is 0 Å². The summed E-state index contributed by atoms with van der Waals surface area (Å²) < 4.78 is 10.5. The lowest BCUT2D eigenvalue weighted by molar-refractivity contribution is 0.0735. The van der Waals surface area contributed by atoms with Gasteiger partial charge in [0.25, 0.3) is 0 Å². The summed E-state index contributed by atoms with van der Waals surface area (Å²) in [5.74, 6) is 1.44. The zero-order chi connectivity index (χ0) is 16.5. The lowest BCUT2D eigenvalue weighted by Gasteiger charge is -2.46. The molecule has 4 heteroatoms. The first-order chi connectivity index (χ1) is 10.2. The molecule has 0 aromatic heterocycles. The van der Waals surface area contributed by atoms with Gasteiger partial charge in [-0.3, -0.25) is 4.79 Å². The van der Waals surface area contributed by atoms with Gasteiger partial charge in [0, 0.05) is 22.6 Å². The third kappa shape index (κ3) is 3.61. The van der Waals surface area contributed by atoms with Crippen molar-refractivity contribution in [2.75, 3.05) is 14.2 Å². The number of ketones is 1. The maximum absolute atomic E-state index is 12.9. The van der Waals surface area contributed by atoms with Gasteiger partial charge in [0.1, 0.15) is 0 Å². The molecule has 122 valence electrons. The molecule has 0 spiro atoms. The third-order valence-electron chi connectivity index (χ3n) is 4.23. The number of piperidine rings is 1. The van der Waals surface area contributed by atoms with Gasteiger partial charge in [-0.1, -0.05) is 0 Å². The van der Waals surface area contributed by atoms with Crippen molar-refractivity contribution >= 4 is 5.78 Å². The molecule has 1 saturated heterocycles. The molecule has 0 bridgehead atoms. The second-order valence-electron chi connectivity index (χ2n) is 7.43. The van der Waals surface area contributed by atoms with Crippen molar-refractivity contribution in [3.05, 3.63) is 23.8 Å². The highest BCUT2D eigenvalue weighted by Crippen LogP contribution is 2.36. The van der Waals surface area contributed by atoms with Gasteiger partial charge in [0.15, 0.2) is 17.3 Å². The Kier molecular flexibility index (Phi) is 4.52. The fourth-order valence-electron chi connectivity index (χ4n) is 3.73. The van der Waals surface area contributed by atoms with E-state index in [-0.39, 0.29) is 22.8 Å². The summed E-state index contributed by atoms with van der Waals surface area (Å²) >= 11 is 0. The van der Waals surface area contributed by atoms with Crippen molar-refractivity contribution in [2.24, 2.45) is 5.92 Å². The van der Waals surface area contributed by atoms with Crippen LogP contribution in [0.2, 0.25) is 0 Å². The molecule has 0 radical (unpaired) electrons. The van der Waals surface area contributed by atoms with Gasteiger partial charge in [0.05, 0.1) is 14.2 Å². The molecule has 2 rings (SSSR count). The molecule has 1 aromatic rings. The monoisotopic (exact) mass is 305 g/mol. The van der Waals surface area contributed by atoms with Crippen LogP contribution in [-0.4, -0.2) is 31.1 Å². The summed E-state index contributed by atoms with van der Waals surface area (Å²) in [7, 11) is 3.18. The van der Waals surface area contributed by atoms with Crippen molar-refractivity contribution in [1.82, 2.24) is 5.32 Å². The molecule has 0 aliphatic carbocycles. The van der Waals surface area contributed by atoms with Crippen LogP contribution >= 0.6 is 0 Å². The number of carbonyl (C=O) groups is 1. The lowest BCUT2D eigenvalue weighted by Crippen LogP contribution is -2.58. The highest BCUT2D eigenvalue weighted by Gasteiger charge is 2.40. The summed E-state index contributed by atoms with van der Waals surface area (Å²) in [4.78, 5) is 12.9. The number of carbonyl (C=O) groups excluding carboxylic acids is 1. The number of benzene rings is 1. The first kappa shape index (κ1) is 16.8. The number of hydrogen-bond donors (Lipinski definition) is 1. The highest BCUT2D eigenvalue weighted by molar-refractivity contribution is 5.98.